The van der Waals surface area contributed by atoms with E-state index in [1.165, 1.54) is 135 Å². The van der Waals surface area contributed by atoms with E-state index in [-0.39, 0.29) is 25.2 Å². The third kappa shape index (κ3) is 31.7. The third-order valence-electron chi connectivity index (χ3n) is 8.15. The fraction of sp³-hybridized carbons (Fsp3) is 0.944. The van der Waals surface area contributed by atoms with Crippen molar-refractivity contribution in [1.29, 1.82) is 0 Å². The van der Waals surface area contributed by atoms with E-state index in [0.29, 0.717) is 12.8 Å². The number of esters is 2. The Kier molecular flexibility index (Phi) is 32.5. The van der Waals surface area contributed by atoms with Gasteiger partial charge in [0.05, 0.1) is 6.61 Å². The number of rotatable bonds is 33. The first kappa shape index (κ1) is 39.9. The summed E-state index contributed by atoms with van der Waals surface area (Å²) < 4.78 is 10.5. The molecule has 0 aliphatic carbocycles. The van der Waals surface area contributed by atoms with Gasteiger partial charge in [-0.2, -0.15) is 0 Å². The Morgan fingerprint density at radius 2 is 0.756 bits per heavy atom. The van der Waals surface area contributed by atoms with E-state index >= 15 is 0 Å². The Hall–Kier alpha value is -1.10. The SMILES string of the molecule is CCCCCCCCCCCCCCCCCCCCC(=O)OC(CO)COC(=O)CCCCCCCCCCC. The van der Waals surface area contributed by atoms with Crippen molar-refractivity contribution in [3.8, 4) is 0 Å². The number of carbonyl (C=O) groups is 2. The third-order valence-corrected chi connectivity index (χ3v) is 8.15. The van der Waals surface area contributed by atoms with Crippen molar-refractivity contribution in [2.24, 2.45) is 0 Å². The van der Waals surface area contributed by atoms with Crippen LogP contribution in [0, 0.1) is 0 Å². The first-order valence-electron chi connectivity index (χ1n) is 18.1. The van der Waals surface area contributed by atoms with Gasteiger partial charge in [0, 0.05) is 12.8 Å². The van der Waals surface area contributed by atoms with Crippen LogP contribution in [0.2, 0.25) is 0 Å². The van der Waals surface area contributed by atoms with Gasteiger partial charge in [-0.25, -0.2) is 0 Å². The van der Waals surface area contributed by atoms with Crippen molar-refractivity contribution in [1.82, 2.24) is 0 Å². The Labute approximate surface area is 255 Å². The number of carbonyl (C=O) groups excluding carboxylic acids is 2. The van der Waals surface area contributed by atoms with Crippen LogP contribution in [0.25, 0.3) is 0 Å². The summed E-state index contributed by atoms with van der Waals surface area (Å²) in [6, 6.07) is 0. The molecular weight excluding hydrogens is 512 g/mol. The molecule has 0 bridgehead atoms. The molecule has 1 unspecified atom stereocenters. The molecule has 0 spiro atoms. The Morgan fingerprint density at radius 1 is 0.463 bits per heavy atom. The van der Waals surface area contributed by atoms with Crippen molar-refractivity contribution in [2.75, 3.05) is 13.2 Å². The van der Waals surface area contributed by atoms with E-state index in [2.05, 4.69) is 13.8 Å². The number of aliphatic hydroxyl groups is 1. The Bertz CT molecular complexity index is 550. The summed E-state index contributed by atoms with van der Waals surface area (Å²) in [7, 11) is 0. The van der Waals surface area contributed by atoms with Crippen LogP contribution < -0.4 is 0 Å². The summed E-state index contributed by atoms with van der Waals surface area (Å²) in [6.07, 6.45) is 34.5. The maximum atomic E-state index is 12.1. The van der Waals surface area contributed by atoms with Crippen molar-refractivity contribution in [3.05, 3.63) is 0 Å². The quantitative estimate of drug-likeness (QED) is 0.0615. The Morgan fingerprint density at radius 3 is 1.07 bits per heavy atom. The minimum Gasteiger partial charge on any atom is -0.462 e. The summed E-state index contributed by atoms with van der Waals surface area (Å²) in [4.78, 5) is 24.1. The predicted molar refractivity (Wildman–Crippen MR) is 173 cm³/mol. The lowest BCUT2D eigenvalue weighted by Gasteiger charge is -2.15. The first-order valence-corrected chi connectivity index (χ1v) is 18.1. The summed E-state index contributed by atoms with van der Waals surface area (Å²) >= 11 is 0. The number of unbranched alkanes of at least 4 members (excludes halogenated alkanes) is 25. The lowest BCUT2D eigenvalue weighted by atomic mass is 10.0. The second-order valence-electron chi connectivity index (χ2n) is 12.3. The molecule has 41 heavy (non-hydrogen) atoms. The second kappa shape index (κ2) is 33.4. The molecule has 0 amide bonds. The molecule has 5 heteroatoms. The van der Waals surface area contributed by atoms with Crippen LogP contribution in [0.3, 0.4) is 0 Å². The highest BCUT2D eigenvalue weighted by atomic mass is 16.6. The van der Waals surface area contributed by atoms with Crippen molar-refractivity contribution >= 4 is 11.9 Å². The highest BCUT2D eigenvalue weighted by Gasteiger charge is 2.16. The summed E-state index contributed by atoms with van der Waals surface area (Å²) in [5.41, 5.74) is 0. The molecule has 1 atom stereocenters. The summed E-state index contributed by atoms with van der Waals surface area (Å²) in [5, 5.41) is 9.50. The zero-order chi connectivity index (χ0) is 30.1. The van der Waals surface area contributed by atoms with Gasteiger partial charge in [-0.3, -0.25) is 9.59 Å². The van der Waals surface area contributed by atoms with Crippen LogP contribution in [-0.2, 0) is 19.1 Å². The number of aliphatic hydroxyl groups excluding tert-OH is 1. The molecule has 0 aromatic carbocycles. The summed E-state index contributed by atoms with van der Waals surface area (Å²) in [6.45, 7) is 4.13. The van der Waals surface area contributed by atoms with Crippen LogP contribution in [0.1, 0.15) is 200 Å². The second-order valence-corrected chi connectivity index (χ2v) is 12.3. The number of ether oxygens (including phenoxy) is 2. The fourth-order valence-electron chi connectivity index (χ4n) is 5.38. The fourth-order valence-corrected chi connectivity index (χ4v) is 5.38. The molecule has 0 rings (SSSR count). The summed E-state index contributed by atoms with van der Waals surface area (Å²) in [5.74, 6) is -0.582. The minimum atomic E-state index is -0.759. The predicted octanol–water partition coefficient (Wildman–Crippen LogP) is 10.8. The number of hydrogen-bond donors (Lipinski definition) is 1. The van der Waals surface area contributed by atoms with E-state index in [1.807, 2.05) is 0 Å². The molecule has 1 N–H and O–H groups in total. The molecule has 0 aliphatic heterocycles. The van der Waals surface area contributed by atoms with E-state index in [1.54, 1.807) is 0 Å². The highest BCUT2D eigenvalue weighted by molar-refractivity contribution is 5.70. The van der Waals surface area contributed by atoms with Crippen molar-refractivity contribution in [3.63, 3.8) is 0 Å². The topological polar surface area (TPSA) is 72.8 Å². The lowest BCUT2D eigenvalue weighted by molar-refractivity contribution is -0.161. The molecule has 0 radical (unpaired) electrons. The first-order chi connectivity index (χ1) is 20.1. The zero-order valence-corrected chi connectivity index (χ0v) is 27.6. The van der Waals surface area contributed by atoms with Gasteiger partial charge >= 0.3 is 11.9 Å². The van der Waals surface area contributed by atoms with E-state index < -0.39 is 6.10 Å². The van der Waals surface area contributed by atoms with Gasteiger partial charge in [0.25, 0.3) is 0 Å². The van der Waals surface area contributed by atoms with Crippen molar-refractivity contribution in [2.45, 2.75) is 206 Å². The van der Waals surface area contributed by atoms with Crippen LogP contribution in [-0.4, -0.2) is 36.4 Å². The molecule has 0 saturated heterocycles. The van der Waals surface area contributed by atoms with Crippen LogP contribution in [0.5, 0.6) is 0 Å². The van der Waals surface area contributed by atoms with Gasteiger partial charge in [-0.1, -0.05) is 174 Å². The van der Waals surface area contributed by atoms with Gasteiger partial charge in [0.15, 0.2) is 6.10 Å². The normalized spacial score (nSPS) is 12.0. The average molecular weight is 583 g/mol. The zero-order valence-electron chi connectivity index (χ0n) is 27.6. The minimum absolute atomic E-state index is 0.0579. The highest BCUT2D eigenvalue weighted by Crippen LogP contribution is 2.15. The average Bonchev–Trinajstić information content (AvgIpc) is 2.97. The smallest absolute Gasteiger partial charge is 0.306 e. The molecule has 244 valence electrons. The number of hydrogen-bond acceptors (Lipinski definition) is 5. The Balaban J connectivity index is 3.48. The molecule has 0 fully saturated rings. The van der Waals surface area contributed by atoms with Gasteiger partial charge in [0.2, 0.25) is 0 Å². The van der Waals surface area contributed by atoms with Crippen molar-refractivity contribution < 1.29 is 24.2 Å². The van der Waals surface area contributed by atoms with E-state index in [4.69, 9.17) is 9.47 Å². The molecule has 0 heterocycles. The van der Waals surface area contributed by atoms with Crippen LogP contribution in [0.4, 0.5) is 0 Å². The van der Waals surface area contributed by atoms with Gasteiger partial charge in [-0.15, -0.1) is 0 Å². The molecule has 0 aromatic rings. The standard InChI is InChI=1S/C36H70O5/c1-3-5-7-9-11-13-14-15-16-17-18-19-20-21-23-25-27-29-31-36(39)41-34(32-37)33-40-35(38)30-28-26-24-22-12-10-8-6-4-2/h34,37H,3-33H2,1-2H3. The largest absolute Gasteiger partial charge is 0.462 e. The maximum Gasteiger partial charge on any atom is 0.306 e. The van der Waals surface area contributed by atoms with E-state index in [9.17, 15) is 14.7 Å². The molecular formula is C36H70O5. The molecule has 0 saturated carbocycles. The molecule has 5 nitrogen and oxygen atoms in total. The molecule has 0 aliphatic rings. The van der Waals surface area contributed by atoms with E-state index in [0.717, 1.165) is 38.5 Å². The van der Waals surface area contributed by atoms with Crippen LogP contribution in [0.15, 0.2) is 0 Å². The van der Waals surface area contributed by atoms with Gasteiger partial charge in [0.1, 0.15) is 6.61 Å². The monoisotopic (exact) mass is 583 g/mol. The van der Waals surface area contributed by atoms with Gasteiger partial charge in [-0.05, 0) is 12.8 Å². The maximum absolute atomic E-state index is 12.1. The lowest BCUT2D eigenvalue weighted by Crippen LogP contribution is -2.28. The van der Waals surface area contributed by atoms with Crippen LogP contribution >= 0.6 is 0 Å². The van der Waals surface area contributed by atoms with Gasteiger partial charge < -0.3 is 14.6 Å². The molecule has 0 aromatic heterocycles.